The van der Waals surface area contributed by atoms with E-state index in [0.717, 1.165) is 0 Å². The molecule has 0 aromatic heterocycles. The average Bonchev–Trinajstić information content (AvgIpc) is 1.54. The van der Waals surface area contributed by atoms with E-state index in [-0.39, 0.29) is 16.2 Å². The molecule has 0 heterocycles. The summed E-state index contributed by atoms with van der Waals surface area (Å²) in [6.45, 7) is 21.0. The Kier molecular flexibility index (Phi) is 9.87. The van der Waals surface area contributed by atoms with Gasteiger partial charge in [-0.2, -0.15) is 0 Å². The van der Waals surface area contributed by atoms with Gasteiger partial charge >= 0.3 is 0 Å². The first kappa shape index (κ1) is 49.8. The lowest BCUT2D eigenvalue weighted by Crippen LogP contribution is -2.16. The van der Waals surface area contributed by atoms with E-state index in [1.807, 2.05) is 0 Å². The van der Waals surface area contributed by atoms with E-state index in [2.05, 4.69) is 287 Å². The van der Waals surface area contributed by atoms with Crippen molar-refractivity contribution in [2.24, 2.45) is 0 Å². The maximum absolute atomic E-state index is 2.59. The Bertz CT molecular complexity index is 5650. The fourth-order valence-corrected chi connectivity index (χ4v) is 16.3. The highest BCUT2D eigenvalue weighted by Gasteiger charge is 2.30. The highest BCUT2D eigenvalue weighted by Crippen LogP contribution is 2.57. The largest absolute Gasteiger partial charge is 0.0622 e. The number of hydrogen-bond donors (Lipinski definition) is 0. The van der Waals surface area contributed by atoms with Crippen LogP contribution in [0.5, 0.6) is 0 Å². The summed E-state index contributed by atoms with van der Waals surface area (Å²) < 4.78 is 0. The second-order valence-electron chi connectivity index (χ2n) is 28.2. The highest BCUT2D eigenvalue weighted by atomic mass is 14.3. The van der Waals surface area contributed by atoms with Crippen LogP contribution in [0.3, 0.4) is 0 Å². The van der Waals surface area contributed by atoms with Crippen LogP contribution >= 0.6 is 0 Å². The van der Waals surface area contributed by atoms with Crippen molar-refractivity contribution < 1.29 is 0 Å². The molecule has 0 amide bonds. The summed E-state index contributed by atoms with van der Waals surface area (Å²) in [4.78, 5) is 0. The molecule has 18 aromatic rings. The van der Waals surface area contributed by atoms with Crippen LogP contribution in [0.15, 0.2) is 224 Å². The van der Waals surface area contributed by atoms with Crippen molar-refractivity contribution in [1.82, 2.24) is 0 Å². The van der Waals surface area contributed by atoms with Crippen LogP contribution in [-0.2, 0) is 16.2 Å². The average molecular weight is 1100 g/mol. The summed E-state index contributed by atoms with van der Waals surface area (Å²) in [5.74, 6) is 0. The fraction of sp³-hybridized carbons (Fsp3) is 0.140. The van der Waals surface area contributed by atoms with Crippen molar-refractivity contribution in [1.29, 1.82) is 0 Å². The van der Waals surface area contributed by atoms with Gasteiger partial charge in [-0.05, 0) is 230 Å². The zero-order valence-electron chi connectivity index (χ0n) is 50.4. The van der Waals surface area contributed by atoms with Crippen LogP contribution in [0, 0.1) is 0 Å². The number of rotatable bonds is 4. The number of hydrogen-bond acceptors (Lipinski definition) is 0. The molecule has 0 atom stereocenters. The normalized spacial score (nSPS) is 13.2. The lowest BCUT2D eigenvalue weighted by Gasteiger charge is -2.26. The van der Waals surface area contributed by atoms with Crippen molar-refractivity contribution in [3.8, 4) is 44.5 Å². The van der Waals surface area contributed by atoms with Crippen LogP contribution in [0.4, 0.5) is 0 Å². The monoisotopic (exact) mass is 1100 g/mol. The predicted molar refractivity (Wildman–Crippen MR) is 377 cm³/mol. The topological polar surface area (TPSA) is 0 Å². The molecule has 0 fully saturated rings. The van der Waals surface area contributed by atoms with Gasteiger partial charge in [0.1, 0.15) is 0 Å². The summed E-state index contributed by atoms with van der Waals surface area (Å²) in [7, 11) is 0. The van der Waals surface area contributed by atoms with E-state index < -0.39 is 0 Å². The SMILES string of the molecule is CC(C)(C)c1cc(-c2ccc3c4ccc5c6c(-c7ccccc7)c7cc8c(cc7c(-c7ccccc7)c6c6ccc(c7cccc2c73)c4c65)c2ccc3c4cccc5c(-c6ccccc6C(C)(C)C)ccc(c6ccc8c2c36)c54)cc(C(C)(C)C)c1. The quantitative estimate of drug-likeness (QED) is 0.122. The summed E-state index contributed by atoms with van der Waals surface area (Å²) in [6, 6.07) is 87.5. The molecule has 0 radical (unpaired) electrons. The zero-order chi connectivity index (χ0) is 58.0. The van der Waals surface area contributed by atoms with Gasteiger partial charge in [0.25, 0.3) is 0 Å². The number of benzene rings is 16. The van der Waals surface area contributed by atoms with Crippen LogP contribution in [0.1, 0.15) is 79.0 Å². The molecule has 0 aliphatic carbocycles. The molecule has 0 bridgehead atoms. The molecule has 86 heavy (non-hydrogen) atoms. The van der Waals surface area contributed by atoms with Crippen molar-refractivity contribution in [3.05, 3.63) is 241 Å². The van der Waals surface area contributed by atoms with Crippen molar-refractivity contribution in [3.63, 3.8) is 0 Å². The van der Waals surface area contributed by atoms with Crippen molar-refractivity contribution >= 4 is 140 Å². The Balaban J connectivity index is 0.936. The van der Waals surface area contributed by atoms with Crippen LogP contribution in [0.25, 0.3) is 185 Å². The molecule has 0 nitrogen and oxygen atoms in total. The Labute approximate surface area is 501 Å². The fourth-order valence-electron chi connectivity index (χ4n) is 16.3. The standard InChI is InChI=1S/C86H64/c1-84(2,3)50-42-49(43-51(44-50)85(4,5)6)52-30-32-59-64-39-41-68-81-67(40-38-62(79(64)81)57-27-18-25-55(52)76(57)59)82-74(47-20-12-10-13-21-47)71-45-69-65-36-34-61-58-28-19-26-56-53(54-24-16-17-29-73(54)86(7,8)9)31-33-60(77(56)58)63-35-37-66(80(65)78(61)63)70(69)46-72(71)75(83(68)82)48-22-14-11-15-23-48/h10-46H,1-9H3. The Hall–Kier alpha value is -9.62. The Morgan fingerprint density at radius 3 is 0.988 bits per heavy atom. The number of fused-ring (bicyclic) bond motifs is 11. The molecule has 0 N–H and O–H groups in total. The minimum atomic E-state index is 0.00629. The summed E-state index contributed by atoms with van der Waals surface area (Å²) in [5.41, 5.74) is 14.4. The van der Waals surface area contributed by atoms with Gasteiger partial charge in [-0.25, -0.2) is 0 Å². The first-order chi connectivity index (χ1) is 41.6. The maximum Gasteiger partial charge on any atom is -0.000740 e. The molecule has 0 heteroatoms. The molecule has 18 rings (SSSR count). The molecule has 0 saturated heterocycles. The summed E-state index contributed by atoms with van der Waals surface area (Å²) in [6.07, 6.45) is 0. The minimum absolute atomic E-state index is 0.00629. The highest BCUT2D eigenvalue weighted by molar-refractivity contribution is 6.48. The van der Waals surface area contributed by atoms with E-state index in [1.54, 1.807) is 0 Å². The third-order valence-corrected chi connectivity index (χ3v) is 20.3. The maximum atomic E-state index is 2.59. The summed E-state index contributed by atoms with van der Waals surface area (Å²) in [5, 5.41) is 34.4. The minimum Gasteiger partial charge on any atom is -0.0622 e. The van der Waals surface area contributed by atoms with E-state index in [9.17, 15) is 0 Å². The van der Waals surface area contributed by atoms with Crippen LogP contribution in [0.2, 0.25) is 0 Å². The lowest BCUT2D eigenvalue weighted by molar-refractivity contribution is 0.569. The molecule has 0 aliphatic heterocycles. The molecule has 408 valence electrons. The van der Waals surface area contributed by atoms with Crippen molar-refractivity contribution in [2.45, 2.75) is 78.6 Å². The zero-order valence-corrected chi connectivity index (χ0v) is 50.4. The van der Waals surface area contributed by atoms with E-state index in [4.69, 9.17) is 0 Å². The second-order valence-corrected chi connectivity index (χ2v) is 28.2. The molecule has 0 aliphatic rings. The summed E-state index contributed by atoms with van der Waals surface area (Å²) >= 11 is 0. The van der Waals surface area contributed by atoms with Gasteiger partial charge in [0.2, 0.25) is 0 Å². The Morgan fingerprint density at radius 2 is 0.535 bits per heavy atom. The van der Waals surface area contributed by atoms with Gasteiger partial charge < -0.3 is 0 Å². The molecule has 18 aromatic carbocycles. The Morgan fingerprint density at radius 1 is 0.186 bits per heavy atom. The van der Waals surface area contributed by atoms with E-state index in [0.29, 0.717) is 0 Å². The van der Waals surface area contributed by atoms with Crippen LogP contribution in [-0.4, -0.2) is 0 Å². The smallest absolute Gasteiger partial charge is 0.000740 e. The van der Waals surface area contributed by atoms with E-state index in [1.165, 1.54) is 201 Å². The first-order valence-electron chi connectivity index (χ1n) is 31.0. The van der Waals surface area contributed by atoms with Crippen LogP contribution < -0.4 is 0 Å². The molecular weight excluding hydrogens is 1030 g/mol. The third-order valence-electron chi connectivity index (χ3n) is 20.3. The van der Waals surface area contributed by atoms with Gasteiger partial charge in [0, 0.05) is 0 Å². The molecule has 0 saturated carbocycles. The molecular formula is C86H64. The van der Waals surface area contributed by atoms with Crippen molar-refractivity contribution in [2.75, 3.05) is 0 Å². The van der Waals surface area contributed by atoms with Gasteiger partial charge in [0.15, 0.2) is 0 Å². The van der Waals surface area contributed by atoms with Gasteiger partial charge in [-0.1, -0.05) is 275 Å². The predicted octanol–water partition coefficient (Wildman–Crippen LogP) is 25.0. The van der Waals surface area contributed by atoms with Gasteiger partial charge in [-0.15, -0.1) is 0 Å². The van der Waals surface area contributed by atoms with E-state index >= 15 is 0 Å². The van der Waals surface area contributed by atoms with Gasteiger partial charge in [0.05, 0.1) is 0 Å². The first-order valence-corrected chi connectivity index (χ1v) is 31.0. The van der Waals surface area contributed by atoms with Gasteiger partial charge in [-0.3, -0.25) is 0 Å². The molecule has 0 unspecified atom stereocenters. The molecule has 0 spiro atoms. The third kappa shape index (κ3) is 6.65. The lowest BCUT2D eigenvalue weighted by atomic mass is 9.78. The second kappa shape index (κ2) is 17.1.